The maximum Gasteiger partial charge on any atom is 0.0474 e. The van der Waals surface area contributed by atoms with E-state index < -0.39 is 0 Å². The number of hydrogen-bond donors (Lipinski definition) is 0. The van der Waals surface area contributed by atoms with Crippen molar-refractivity contribution in [1.29, 1.82) is 0 Å². The van der Waals surface area contributed by atoms with E-state index in [1.165, 1.54) is 289 Å². The Labute approximate surface area is 439 Å². The normalized spacial score (nSPS) is 12.7. The molecule has 0 fully saturated rings. The van der Waals surface area contributed by atoms with Crippen molar-refractivity contribution < 1.29 is 0 Å². The molecule has 0 aromatic carbocycles. The molecule has 0 aliphatic carbocycles. The molecule has 0 saturated carbocycles. The van der Waals surface area contributed by atoms with Gasteiger partial charge in [0.25, 0.3) is 0 Å². The summed E-state index contributed by atoms with van der Waals surface area (Å²) in [6.07, 6.45) is 59.6. The fourth-order valence-electron chi connectivity index (χ4n) is 10.9. The zero-order chi connectivity index (χ0) is 48.0. The summed E-state index contributed by atoms with van der Waals surface area (Å²) in [5.41, 5.74) is 3.24. The highest BCUT2D eigenvalue weighted by atomic mass is 32.1. The summed E-state index contributed by atoms with van der Waals surface area (Å²) in [5.74, 6) is 1.65. The second-order valence-electron chi connectivity index (χ2n) is 21.5. The van der Waals surface area contributed by atoms with Gasteiger partial charge in [0.2, 0.25) is 0 Å². The third-order valence-electron chi connectivity index (χ3n) is 15.3. The number of rotatable bonds is 47. The summed E-state index contributed by atoms with van der Waals surface area (Å²) < 4.78 is 0. The van der Waals surface area contributed by atoms with E-state index in [-0.39, 0.29) is 0 Å². The van der Waals surface area contributed by atoms with Gasteiger partial charge in [-0.25, -0.2) is 0 Å². The minimum absolute atomic E-state index is 0.826. The van der Waals surface area contributed by atoms with Gasteiger partial charge in [0.1, 0.15) is 0 Å². The average molecular weight is 1000 g/mol. The Morgan fingerprint density at radius 3 is 0.779 bits per heavy atom. The Bertz CT molecular complexity index is 1570. The predicted octanol–water partition coefficient (Wildman–Crippen LogP) is 24.9. The molecule has 2 atom stereocenters. The fraction of sp³-hybridized carbons (Fsp3) is 0.750. The quantitative estimate of drug-likeness (QED) is 0.0387. The Hall–Kier alpha value is -1.20. The lowest BCUT2D eigenvalue weighted by atomic mass is 9.88. The molecule has 386 valence electrons. The molecule has 4 aromatic heterocycles. The van der Waals surface area contributed by atoms with E-state index in [1.54, 1.807) is 20.9 Å². The topological polar surface area (TPSA) is 0 Å². The number of unbranched alkanes of at least 4 members (excludes halogenated alkanes) is 32. The van der Waals surface area contributed by atoms with Crippen LogP contribution in [0.5, 0.6) is 0 Å². The fourth-order valence-corrected chi connectivity index (χ4v) is 15.2. The molecule has 4 heteroatoms. The van der Waals surface area contributed by atoms with Crippen LogP contribution in [0, 0.1) is 11.8 Å². The Kier molecular flexibility index (Phi) is 35.2. The van der Waals surface area contributed by atoms with Crippen molar-refractivity contribution >= 4 is 45.3 Å². The lowest BCUT2D eigenvalue weighted by Gasteiger charge is -2.17. The van der Waals surface area contributed by atoms with Crippen molar-refractivity contribution in [2.45, 2.75) is 297 Å². The molecule has 0 spiro atoms. The first kappa shape index (κ1) is 59.4. The van der Waals surface area contributed by atoms with Crippen molar-refractivity contribution in [3.05, 3.63) is 58.3 Å². The van der Waals surface area contributed by atoms with E-state index in [4.69, 9.17) is 0 Å². The van der Waals surface area contributed by atoms with Crippen LogP contribution in [-0.2, 0) is 12.8 Å². The number of thiophene rings is 4. The average Bonchev–Trinajstić information content (AvgIpc) is 4.20. The van der Waals surface area contributed by atoms with E-state index in [1.807, 2.05) is 45.3 Å². The third kappa shape index (κ3) is 26.0. The monoisotopic (exact) mass is 1000 g/mol. The van der Waals surface area contributed by atoms with Crippen LogP contribution in [0.25, 0.3) is 29.3 Å². The van der Waals surface area contributed by atoms with Gasteiger partial charge in [-0.3, -0.25) is 0 Å². The van der Waals surface area contributed by atoms with E-state index in [2.05, 4.69) is 74.9 Å². The van der Waals surface area contributed by atoms with Crippen LogP contribution in [0.3, 0.4) is 0 Å². The van der Waals surface area contributed by atoms with E-state index in [9.17, 15) is 0 Å². The lowest BCUT2D eigenvalue weighted by Crippen LogP contribution is -2.05. The molecule has 0 bridgehead atoms. The van der Waals surface area contributed by atoms with Crippen LogP contribution in [0.2, 0.25) is 0 Å². The molecule has 0 amide bonds. The number of hydrogen-bond acceptors (Lipinski definition) is 4. The summed E-state index contributed by atoms with van der Waals surface area (Å²) in [7, 11) is 0. The molecular weight excluding hydrogens is 897 g/mol. The maximum absolute atomic E-state index is 2.48. The molecule has 0 saturated heterocycles. The third-order valence-corrected chi connectivity index (χ3v) is 19.9. The van der Waals surface area contributed by atoms with Gasteiger partial charge in [-0.05, 0) is 83.0 Å². The van der Waals surface area contributed by atoms with Crippen molar-refractivity contribution in [2.75, 3.05) is 0 Å². The summed E-state index contributed by atoms with van der Waals surface area (Å²) in [6, 6.07) is 14.7. The lowest BCUT2D eigenvalue weighted by molar-refractivity contribution is 0.400. The van der Waals surface area contributed by atoms with Gasteiger partial charge in [0.05, 0.1) is 0 Å². The second-order valence-corrected chi connectivity index (χ2v) is 25.5. The molecule has 0 aliphatic rings. The maximum atomic E-state index is 2.48. The summed E-state index contributed by atoms with van der Waals surface area (Å²) in [4.78, 5) is 8.96. The van der Waals surface area contributed by atoms with Crippen LogP contribution < -0.4 is 0 Å². The predicted molar refractivity (Wildman–Crippen MR) is 316 cm³/mol. The van der Waals surface area contributed by atoms with Gasteiger partial charge in [-0.2, -0.15) is 0 Å². The molecule has 0 aliphatic heterocycles. The molecule has 4 heterocycles. The van der Waals surface area contributed by atoms with Gasteiger partial charge in [-0.1, -0.05) is 285 Å². The molecule has 0 N–H and O–H groups in total. The van der Waals surface area contributed by atoms with Crippen molar-refractivity contribution in [3.63, 3.8) is 0 Å². The van der Waals surface area contributed by atoms with Gasteiger partial charge in [0.15, 0.2) is 0 Å². The van der Waals surface area contributed by atoms with Gasteiger partial charge < -0.3 is 0 Å². The summed E-state index contributed by atoms with van der Waals surface area (Å²) in [5, 5.41) is 4.77. The zero-order valence-corrected chi connectivity index (χ0v) is 48.4. The smallest absolute Gasteiger partial charge is 0.0474 e. The Morgan fingerprint density at radius 2 is 0.515 bits per heavy atom. The first-order valence-electron chi connectivity index (χ1n) is 30.0. The van der Waals surface area contributed by atoms with Crippen molar-refractivity contribution in [3.8, 4) is 29.3 Å². The molecule has 4 aromatic rings. The summed E-state index contributed by atoms with van der Waals surface area (Å²) in [6.45, 7) is 9.31. The Morgan fingerprint density at radius 1 is 0.279 bits per heavy atom. The highest BCUT2D eigenvalue weighted by Crippen LogP contribution is 2.45. The highest BCUT2D eigenvalue weighted by molar-refractivity contribution is 7.28. The van der Waals surface area contributed by atoms with Gasteiger partial charge >= 0.3 is 0 Å². The van der Waals surface area contributed by atoms with Crippen molar-refractivity contribution in [2.24, 2.45) is 11.8 Å². The summed E-state index contributed by atoms with van der Waals surface area (Å²) >= 11 is 8.06. The van der Waals surface area contributed by atoms with E-state index in [0.29, 0.717) is 0 Å². The van der Waals surface area contributed by atoms with E-state index >= 15 is 0 Å². The zero-order valence-electron chi connectivity index (χ0n) is 45.1. The first-order valence-corrected chi connectivity index (χ1v) is 33.4. The molecule has 2 unspecified atom stereocenters. The molecule has 68 heavy (non-hydrogen) atoms. The van der Waals surface area contributed by atoms with Gasteiger partial charge in [-0.15, -0.1) is 45.3 Å². The van der Waals surface area contributed by atoms with Crippen LogP contribution in [0.15, 0.2) is 47.2 Å². The van der Waals surface area contributed by atoms with Crippen LogP contribution in [0.1, 0.15) is 296 Å². The second kappa shape index (κ2) is 40.3. The van der Waals surface area contributed by atoms with Crippen LogP contribution in [-0.4, -0.2) is 0 Å². The largest absolute Gasteiger partial charge is 0.143 e. The SMILES string of the molecule is CCCCCCCCCCCCC(CCCCCCCCCC)Cc1ccsc1-c1ccc(-c2ccc(-c3sccc3CC(CCCCCCCCCC)CCCCCCCCCCCC)s2)s1. The molecular formula is C64H106S4. The van der Waals surface area contributed by atoms with Crippen molar-refractivity contribution in [1.82, 2.24) is 0 Å². The molecule has 0 nitrogen and oxygen atoms in total. The highest BCUT2D eigenvalue weighted by Gasteiger charge is 2.19. The minimum Gasteiger partial charge on any atom is -0.143 e. The molecule has 0 radical (unpaired) electrons. The first-order chi connectivity index (χ1) is 33.7. The van der Waals surface area contributed by atoms with Gasteiger partial charge in [0, 0.05) is 29.3 Å². The van der Waals surface area contributed by atoms with E-state index in [0.717, 1.165) is 11.8 Å². The van der Waals surface area contributed by atoms with Crippen LogP contribution >= 0.6 is 45.3 Å². The van der Waals surface area contributed by atoms with Crippen LogP contribution in [0.4, 0.5) is 0 Å². The minimum atomic E-state index is 0.826. The molecule has 4 rings (SSSR count). The Balaban J connectivity index is 1.33. The standard InChI is InChI=1S/C64H106S4/c1-5-9-13-17-21-25-27-31-35-39-43-55(41-37-33-29-23-19-15-11-7-3)53-57-49-51-65-63(57)61-47-45-59(67-61)60-46-48-62(68-60)64-58(50-52-66-64)54-56(42-38-34-30-24-20-16-12-8-4)44-40-36-32-28-26-22-18-14-10-6-2/h45-52,55-56H,5-44,53-54H2,1-4H3.